The van der Waals surface area contributed by atoms with Gasteiger partial charge < -0.3 is 10.6 Å². The number of halogens is 1. The number of carbonyl (C=O) groups excluding carboxylic acids is 1. The molecular formula is C13H23ClN2O. The number of carbonyl (C=O) groups is 1. The Morgan fingerprint density at radius 2 is 1.59 bits per heavy atom. The Bertz CT molecular complexity index is 282. The summed E-state index contributed by atoms with van der Waals surface area (Å²) >= 11 is 0. The number of nitrogens with two attached hydrogens (primary N) is 1. The molecule has 3 rings (SSSR count). The van der Waals surface area contributed by atoms with Crippen LogP contribution in [0.3, 0.4) is 0 Å². The van der Waals surface area contributed by atoms with Crippen LogP contribution in [0.5, 0.6) is 0 Å². The highest BCUT2D eigenvalue weighted by atomic mass is 35.5. The Balaban J connectivity index is 0.00000108. The molecule has 0 atom stereocenters. The molecule has 17 heavy (non-hydrogen) atoms. The van der Waals surface area contributed by atoms with Crippen molar-refractivity contribution in [2.75, 3.05) is 13.1 Å². The molecule has 0 spiro atoms. The third-order valence-electron chi connectivity index (χ3n) is 4.31. The zero-order valence-electron chi connectivity index (χ0n) is 10.4. The van der Waals surface area contributed by atoms with Crippen LogP contribution in [-0.2, 0) is 4.79 Å². The van der Waals surface area contributed by atoms with Gasteiger partial charge in [-0.1, -0.05) is 0 Å². The van der Waals surface area contributed by atoms with Crippen LogP contribution >= 0.6 is 12.4 Å². The average molecular weight is 259 g/mol. The molecule has 98 valence electrons. The van der Waals surface area contributed by atoms with Crippen LogP contribution in [0.2, 0.25) is 0 Å². The van der Waals surface area contributed by atoms with Gasteiger partial charge in [-0.2, -0.15) is 0 Å². The summed E-state index contributed by atoms with van der Waals surface area (Å²) in [5, 5.41) is 0. The molecule has 1 amide bonds. The molecule has 0 saturated heterocycles. The topological polar surface area (TPSA) is 46.3 Å². The van der Waals surface area contributed by atoms with Gasteiger partial charge in [-0.15, -0.1) is 12.4 Å². The number of hydrogen-bond acceptors (Lipinski definition) is 2. The van der Waals surface area contributed by atoms with Gasteiger partial charge in [-0.05, 0) is 56.8 Å². The third kappa shape index (κ3) is 2.94. The fourth-order valence-electron chi connectivity index (χ4n) is 2.55. The fraction of sp³-hybridized carbons (Fsp3) is 0.923. The lowest BCUT2D eigenvalue weighted by Crippen LogP contribution is -2.60. The molecule has 4 heteroatoms. The van der Waals surface area contributed by atoms with E-state index in [-0.39, 0.29) is 18.3 Å². The van der Waals surface area contributed by atoms with Gasteiger partial charge in [0.25, 0.3) is 0 Å². The van der Waals surface area contributed by atoms with Crippen LogP contribution in [0.25, 0.3) is 0 Å². The summed E-state index contributed by atoms with van der Waals surface area (Å²) in [7, 11) is 0. The van der Waals surface area contributed by atoms with Gasteiger partial charge in [0.05, 0.1) is 5.54 Å². The Hall–Kier alpha value is -0.280. The summed E-state index contributed by atoms with van der Waals surface area (Å²) in [6, 6.07) is 0. The van der Waals surface area contributed by atoms with Crippen molar-refractivity contribution in [1.29, 1.82) is 0 Å². The van der Waals surface area contributed by atoms with Gasteiger partial charge >= 0.3 is 0 Å². The lowest BCUT2D eigenvalue weighted by atomic mass is 9.76. The Morgan fingerprint density at radius 1 is 1.12 bits per heavy atom. The van der Waals surface area contributed by atoms with Gasteiger partial charge in [0, 0.05) is 13.1 Å². The summed E-state index contributed by atoms with van der Waals surface area (Å²) in [6.45, 7) is 1.96. The summed E-state index contributed by atoms with van der Waals surface area (Å²) in [5.41, 5.74) is 5.67. The van der Waals surface area contributed by atoms with Gasteiger partial charge in [-0.3, -0.25) is 4.79 Å². The molecule has 2 N–H and O–H groups in total. The first-order chi connectivity index (χ1) is 7.67. The van der Waals surface area contributed by atoms with Crippen LogP contribution < -0.4 is 5.73 Å². The van der Waals surface area contributed by atoms with Crippen LogP contribution in [-0.4, -0.2) is 29.4 Å². The molecule has 0 unspecified atom stereocenters. The predicted octanol–water partition coefficient (Wildman–Crippen LogP) is 1.94. The van der Waals surface area contributed by atoms with Crippen LogP contribution in [0.4, 0.5) is 0 Å². The van der Waals surface area contributed by atoms with E-state index in [1.165, 1.54) is 25.7 Å². The summed E-state index contributed by atoms with van der Waals surface area (Å²) in [4.78, 5) is 14.5. The highest BCUT2D eigenvalue weighted by Gasteiger charge is 2.44. The number of hydrogen-bond donors (Lipinski definition) is 1. The molecule has 3 aliphatic carbocycles. The van der Waals surface area contributed by atoms with Crippen molar-refractivity contribution < 1.29 is 4.79 Å². The molecule has 0 heterocycles. The normalized spacial score (nSPS) is 25.7. The first-order valence-electron chi connectivity index (χ1n) is 6.76. The summed E-state index contributed by atoms with van der Waals surface area (Å²) in [6.07, 6.45) is 8.17. The second-order valence-corrected chi connectivity index (χ2v) is 6.11. The lowest BCUT2D eigenvalue weighted by molar-refractivity contribution is -0.140. The number of nitrogens with zero attached hydrogens (tertiary/aromatic N) is 1. The largest absolute Gasteiger partial charge is 0.341 e. The van der Waals surface area contributed by atoms with E-state index in [0.717, 1.165) is 44.2 Å². The molecule has 3 aliphatic rings. The summed E-state index contributed by atoms with van der Waals surface area (Å²) in [5.74, 6) is 1.82. The minimum absolute atomic E-state index is 0. The summed E-state index contributed by atoms with van der Waals surface area (Å²) < 4.78 is 0. The van der Waals surface area contributed by atoms with Gasteiger partial charge in [0.15, 0.2) is 0 Å². The minimum atomic E-state index is -0.482. The SMILES string of the molecule is Cl.NC1(C(=O)N(CC2CC2)CC2CC2)CCC1. The second kappa shape index (κ2) is 4.77. The van der Waals surface area contributed by atoms with Crippen molar-refractivity contribution in [3.63, 3.8) is 0 Å². The van der Waals surface area contributed by atoms with E-state index in [9.17, 15) is 4.79 Å². The van der Waals surface area contributed by atoms with E-state index in [1.807, 2.05) is 0 Å². The quantitative estimate of drug-likeness (QED) is 0.819. The maximum atomic E-state index is 12.4. The Labute approximate surface area is 110 Å². The van der Waals surface area contributed by atoms with Gasteiger partial charge in [0.1, 0.15) is 0 Å². The fourth-order valence-corrected chi connectivity index (χ4v) is 2.55. The van der Waals surface area contributed by atoms with E-state index in [1.54, 1.807) is 0 Å². The van der Waals surface area contributed by atoms with Crippen molar-refractivity contribution in [3.8, 4) is 0 Å². The maximum absolute atomic E-state index is 12.4. The first kappa shape index (κ1) is 13.2. The number of rotatable bonds is 5. The molecule has 0 aromatic rings. The van der Waals surface area contributed by atoms with E-state index >= 15 is 0 Å². The van der Waals surface area contributed by atoms with Crippen LogP contribution in [0.15, 0.2) is 0 Å². The minimum Gasteiger partial charge on any atom is -0.341 e. The van der Waals surface area contributed by atoms with Crippen LogP contribution in [0, 0.1) is 11.8 Å². The Kier molecular flexibility index (Phi) is 3.69. The lowest BCUT2D eigenvalue weighted by Gasteiger charge is -2.40. The van der Waals surface area contributed by atoms with Crippen LogP contribution in [0.1, 0.15) is 44.9 Å². The first-order valence-corrected chi connectivity index (χ1v) is 6.76. The molecule has 0 aromatic carbocycles. The van der Waals surface area contributed by atoms with Crippen molar-refractivity contribution in [3.05, 3.63) is 0 Å². The van der Waals surface area contributed by atoms with E-state index in [4.69, 9.17) is 5.73 Å². The zero-order chi connectivity index (χ0) is 11.2. The third-order valence-corrected chi connectivity index (χ3v) is 4.31. The Morgan fingerprint density at radius 3 is 1.88 bits per heavy atom. The average Bonchev–Trinajstić information content (AvgIpc) is 3.05. The van der Waals surface area contributed by atoms with Crippen molar-refractivity contribution in [2.24, 2.45) is 17.6 Å². The second-order valence-electron chi connectivity index (χ2n) is 6.11. The van der Waals surface area contributed by atoms with Gasteiger partial charge in [0.2, 0.25) is 5.91 Å². The zero-order valence-corrected chi connectivity index (χ0v) is 11.2. The van der Waals surface area contributed by atoms with Crippen molar-refractivity contribution in [2.45, 2.75) is 50.5 Å². The molecule has 3 nitrogen and oxygen atoms in total. The van der Waals surface area contributed by atoms with E-state index in [2.05, 4.69) is 4.90 Å². The molecule has 0 aliphatic heterocycles. The van der Waals surface area contributed by atoms with E-state index < -0.39 is 5.54 Å². The smallest absolute Gasteiger partial charge is 0.242 e. The van der Waals surface area contributed by atoms with Crippen molar-refractivity contribution in [1.82, 2.24) is 4.90 Å². The van der Waals surface area contributed by atoms with Gasteiger partial charge in [-0.25, -0.2) is 0 Å². The molecule has 3 fully saturated rings. The standard InChI is InChI=1S/C13H22N2O.ClH/c14-13(6-1-7-13)12(16)15(8-10-2-3-10)9-11-4-5-11;/h10-11H,1-9,14H2;1H. The predicted molar refractivity (Wildman–Crippen MR) is 70.0 cm³/mol. The number of amides is 1. The molecule has 0 bridgehead atoms. The van der Waals surface area contributed by atoms with E-state index in [0.29, 0.717) is 0 Å². The van der Waals surface area contributed by atoms with Crippen molar-refractivity contribution >= 4 is 18.3 Å². The molecule has 0 radical (unpaired) electrons. The maximum Gasteiger partial charge on any atom is 0.242 e. The highest BCUT2D eigenvalue weighted by molar-refractivity contribution is 5.87. The molecule has 3 saturated carbocycles. The highest BCUT2D eigenvalue weighted by Crippen LogP contribution is 2.37. The monoisotopic (exact) mass is 258 g/mol. The molecule has 0 aromatic heterocycles. The molecular weight excluding hydrogens is 236 g/mol.